The van der Waals surface area contributed by atoms with Gasteiger partial charge in [-0.2, -0.15) is 0 Å². The lowest BCUT2D eigenvalue weighted by Gasteiger charge is -2.34. The van der Waals surface area contributed by atoms with Crippen LogP contribution in [0.5, 0.6) is 0 Å². The van der Waals surface area contributed by atoms with Crippen LogP contribution in [0.3, 0.4) is 0 Å². The monoisotopic (exact) mass is 549 g/mol. The summed E-state index contributed by atoms with van der Waals surface area (Å²) in [4.78, 5) is 23.2. The average Bonchev–Trinajstić information content (AvgIpc) is 3.37. The summed E-state index contributed by atoms with van der Waals surface area (Å²) in [6.07, 6.45) is 5.59. The van der Waals surface area contributed by atoms with Crippen molar-refractivity contribution < 1.29 is 9.52 Å². The Labute approximate surface area is 239 Å². The molecule has 2 N–H and O–H groups in total. The second-order valence-corrected chi connectivity index (χ2v) is 10.6. The molecule has 9 nitrogen and oxygen atoms in total. The van der Waals surface area contributed by atoms with Gasteiger partial charge < -0.3 is 19.7 Å². The van der Waals surface area contributed by atoms with Crippen molar-refractivity contribution in [2.75, 3.05) is 49.5 Å². The van der Waals surface area contributed by atoms with Crippen LogP contribution in [-0.4, -0.2) is 69.3 Å². The second kappa shape index (κ2) is 11.6. The van der Waals surface area contributed by atoms with Crippen molar-refractivity contribution in [1.29, 1.82) is 0 Å². The topological polar surface area (TPSA) is 103 Å². The molecule has 0 unspecified atom stereocenters. The van der Waals surface area contributed by atoms with Crippen LogP contribution >= 0.6 is 0 Å². The van der Waals surface area contributed by atoms with Gasteiger partial charge in [0.1, 0.15) is 17.2 Å². The summed E-state index contributed by atoms with van der Waals surface area (Å²) >= 11 is 0. The Hall–Kier alpha value is -4.34. The maximum atomic E-state index is 9.17. The molecule has 0 aliphatic carbocycles. The van der Waals surface area contributed by atoms with Crippen LogP contribution in [0.2, 0.25) is 0 Å². The van der Waals surface area contributed by atoms with Crippen molar-refractivity contribution in [1.82, 2.24) is 24.8 Å². The van der Waals surface area contributed by atoms with E-state index in [0.717, 1.165) is 89.0 Å². The molecule has 41 heavy (non-hydrogen) atoms. The maximum Gasteiger partial charge on any atom is 0.225 e. The summed E-state index contributed by atoms with van der Waals surface area (Å²) in [5.74, 6) is 2.24. The molecule has 0 amide bonds. The standard InChI is InChI=1S/C32H35N7O2/c1-21-20-41-30-8-7-26(16-28(21)30)29-17-31(37-23(3)36-29)35-22(2)24-5-4-6-25(15-24)27-18-33-32(34-19-27)39-11-9-38(10-12-39)13-14-40/h4-8,15-20,22,40H,9-14H2,1-3H3,(H,35,36,37)/t22-/m0/s1. The fourth-order valence-electron chi connectivity index (χ4n) is 5.34. The van der Waals surface area contributed by atoms with Gasteiger partial charge in [-0.3, -0.25) is 4.90 Å². The van der Waals surface area contributed by atoms with E-state index in [9.17, 15) is 5.11 Å². The van der Waals surface area contributed by atoms with Crippen molar-refractivity contribution in [3.8, 4) is 22.4 Å². The van der Waals surface area contributed by atoms with E-state index in [1.807, 2.05) is 44.4 Å². The van der Waals surface area contributed by atoms with Crippen LogP contribution in [-0.2, 0) is 0 Å². The smallest absolute Gasteiger partial charge is 0.225 e. The fraction of sp³-hybridized carbons (Fsp3) is 0.312. The number of piperazine rings is 1. The number of hydrogen-bond acceptors (Lipinski definition) is 9. The Kier molecular flexibility index (Phi) is 7.63. The Morgan fingerprint density at radius 3 is 2.51 bits per heavy atom. The molecule has 1 atom stereocenters. The van der Waals surface area contributed by atoms with Crippen LogP contribution in [0.4, 0.5) is 11.8 Å². The minimum Gasteiger partial charge on any atom is -0.464 e. The first-order chi connectivity index (χ1) is 20.0. The van der Waals surface area contributed by atoms with E-state index in [1.165, 1.54) is 0 Å². The summed E-state index contributed by atoms with van der Waals surface area (Å²) < 4.78 is 5.61. The molecule has 0 bridgehead atoms. The highest BCUT2D eigenvalue weighted by Gasteiger charge is 2.19. The molecule has 1 aliphatic rings. The first kappa shape index (κ1) is 26.9. The predicted molar refractivity (Wildman–Crippen MR) is 162 cm³/mol. The summed E-state index contributed by atoms with van der Waals surface area (Å²) in [6.45, 7) is 10.6. The number of rotatable bonds is 8. The number of aryl methyl sites for hydroxylation is 2. The molecule has 3 aromatic heterocycles. The molecule has 0 spiro atoms. The number of fused-ring (bicyclic) bond motifs is 1. The molecule has 4 heterocycles. The molecule has 1 fully saturated rings. The molecule has 1 saturated heterocycles. The van der Waals surface area contributed by atoms with Gasteiger partial charge in [0.25, 0.3) is 0 Å². The van der Waals surface area contributed by atoms with Crippen LogP contribution in [0.25, 0.3) is 33.4 Å². The Morgan fingerprint density at radius 1 is 0.927 bits per heavy atom. The van der Waals surface area contributed by atoms with Crippen molar-refractivity contribution in [2.24, 2.45) is 0 Å². The van der Waals surface area contributed by atoms with Crippen LogP contribution in [0.1, 0.15) is 29.9 Å². The van der Waals surface area contributed by atoms with Gasteiger partial charge in [0, 0.05) is 73.7 Å². The number of aliphatic hydroxyl groups is 1. The molecule has 9 heteroatoms. The van der Waals surface area contributed by atoms with E-state index in [4.69, 9.17) is 9.40 Å². The van der Waals surface area contributed by atoms with Gasteiger partial charge >= 0.3 is 0 Å². The van der Waals surface area contributed by atoms with E-state index in [0.29, 0.717) is 5.82 Å². The highest BCUT2D eigenvalue weighted by atomic mass is 16.3. The fourth-order valence-corrected chi connectivity index (χ4v) is 5.34. The van der Waals surface area contributed by atoms with Crippen LogP contribution in [0.15, 0.2) is 71.6 Å². The predicted octanol–water partition coefficient (Wildman–Crippen LogP) is 5.25. The maximum absolute atomic E-state index is 9.17. The zero-order chi connectivity index (χ0) is 28.3. The van der Waals surface area contributed by atoms with E-state index < -0.39 is 0 Å². The van der Waals surface area contributed by atoms with E-state index >= 15 is 0 Å². The Bertz CT molecular complexity index is 1640. The van der Waals surface area contributed by atoms with Gasteiger partial charge in [-0.25, -0.2) is 19.9 Å². The first-order valence-corrected chi connectivity index (χ1v) is 14.1. The van der Waals surface area contributed by atoms with Crippen LogP contribution < -0.4 is 10.2 Å². The summed E-state index contributed by atoms with van der Waals surface area (Å²) in [5.41, 5.74) is 7.07. The van der Waals surface area contributed by atoms with E-state index in [1.54, 1.807) is 6.26 Å². The van der Waals surface area contributed by atoms with E-state index in [2.05, 4.69) is 67.3 Å². The molecule has 6 rings (SSSR count). The number of nitrogens with zero attached hydrogens (tertiary/aromatic N) is 6. The quantitative estimate of drug-likeness (QED) is 0.269. The van der Waals surface area contributed by atoms with Gasteiger partial charge in [0.05, 0.1) is 18.6 Å². The third-order valence-corrected chi connectivity index (χ3v) is 7.69. The lowest BCUT2D eigenvalue weighted by molar-refractivity contribution is 0.188. The van der Waals surface area contributed by atoms with Crippen molar-refractivity contribution in [3.05, 3.63) is 84.1 Å². The largest absolute Gasteiger partial charge is 0.464 e. The molecular formula is C32H35N7O2. The molecule has 1 aliphatic heterocycles. The Balaban J connectivity index is 1.16. The second-order valence-electron chi connectivity index (χ2n) is 10.6. The first-order valence-electron chi connectivity index (χ1n) is 14.1. The number of benzene rings is 2. The lowest BCUT2D eigenvalue weighted by Crippen LogP contribution is -2.47. The van der Waals surface area contributed by atoms with Crippen molar-refractivity contribution in [3.63, 3.8) is 0 Å². The van der Waals surface area contributed by atoms with Gasteiger partial charge in [-0.1, -0.05) is 18.2 Å². The summed E-state index contributed by atoms with van der Waals surface area (Å²) in [6, 6.07) is 16.6. The zero-order valence-corrected chi connectivity index (χ0v) is 23.7. The third-order valence-electron chi connectivity index (χ3n) is 7.69. The van der Waals surface area contributed by atoms with Gasteiger partial charge in [-0.05, 0) is 61.7 Å². The summed E-state index contributed by atoms with van der Waals surface area (Å²) in [7, 11) is 0. The molecule has 0 radical (unpaired) electrons. The number of nitrogens with one attached hydrogen (secondary N) is 1. The minimum atomic E-state index is 0.0195. The number of anilines is 2. The third kappa shape index (κ3) is 5.91. The lowest BCUT2D eigenvalue weighted by atomic mass is 10.0. The average molecular weight is 550 g/mol. The summed E-state index contributed by atoms with van der Waals surface area (Å²) in [5, 5.41) is 13.8. The zero-order valence-electron chi connectivity index (χ0n) is 23.7. The number of aliphatic hydroxyl groups excluding tert-OH is 1. The van der Waals surface area contributed by atoms with Gasteiger partial charge in [-0.15, -0.1) is 0 Å². The number of furan rings is 1. The molecular weight excluding hydrogens is 514 g/mol. The number of aromatic nitrogens is 4. The van der Waals surface area contributed by atoms with Crippen molar-refractivity contribution >= 4 is 22.7 Å². The highest BCUT2D eigenvalue weighted by molar-refractivity contribution is 5.85. The minimum absolute atomic E-state index is 0.0195. The molecule has 0 saturated carbocycles. The van der Waals surface area contributed by atoms with E-state index in [-0.39, 0.29) is 12.6 Å². The number of β-amino-alcohol motifs (C(OH)–C–C–N with tert-alkyl or cyclic N) is 1. The molecule has 210 valence electrons. The van der Waals surface area contributed by atoms with Gasteiger partial charge in [0.15, 0.2) is 0 Å². The Morgan fingerprint density at radius 2 is 1.73 bits per heavy atom. The number of hydrogen-bond donors (Lipinski definition) is 2. The molecule has 2 aromatic carbocycles. The van der Waals surface area contributed by atoms with Crippen molar-refractivity contribution in [2.45, 2.75) is 26.8 Å². The molecule has 5 aromatic rings. The SMILES string of the molecule is Cc1nc(N[C@@H](C)c2cccc(-c3cnc(N4CCN(CCO)CC4)nc3)c2)cc(-c2ccc3occ(C)c3c2)n1. The normalized spacial score (nSPS) is 14.9. The highest BCUT2D eigenvalue weighted by Crippen LogP contribution is 2.29. The van der Waals surface area contributed by atoms with Gasteiger partial charge in [0.2, 0.25) is 5.95 Å². The van der Waals surface area contributed by atoms with Crippen LogP contribution in [0, 0.1) is 13.8 Å².